The van der Waals surface area contributed by atoms with Crippen molar-refractivity contribution in [1.29, 1.82) is 0 Å². The fourth-order valence-electron chi connectivity index (χ4n) is 1.53. The van der Waals surface area contributed by atoms with E-state index in [2.05, 4.69) is 5.32 Å². The first-order valence-corrected chi connectivity index (χ1v) is 6.87. The number of benzene rings is 1. The van der Waals surface area contributed by atoms with Crippen LogP contribution in [0.4, 0.5) is 4.39 Å². The molecule has 0 amide bonds. The van der Waals surface area contributed by atoms with Gasteiger partial charge in [0.05, 0.1) is 7.11 Å². The molecule has 0 radical (unpaired) electrons. The molecule has 0 saturated carbocycles. The van der Waals surface area contributed by atoms with Gasteiger partial charge in [0.25, 0.3) is 0 Å². The van der Waals surface area contributed by atoms with Gasteiger partial charge in [-0.15, -0.1) is 23.2 Å². The van der Waals surface area contributed by atoms with E-state index in [1.807, 2.05) is 6.92 Å². The van der Waals surface area contributed by atoms with Gasteiger partial charge in [-0.3, -0.25) is 0 Å². The van der Waals surface area contributed by atoms with Crippen molar-refractivity contribution >= 4 is 23.2 Å². The largest absolute Gasteiger partial charge is 0.497 e. The van der Waals surface area contributed by atoms with Crippen molar-refractivity contribution in [3.8, 4) is 5.75 Å². The van der Waals surface area contributed by atoms with Crippen LogP contribution in [0.15, 0.2) is 18.2 Å². The molecule has 1 aromatic carbocycles. The van der Waals surface area contributed by atoms with Crippen LogP contribution in [0.5, 0.6) is 5.75 Å². The first-order valence-electron chi connectivity index (χ1n) is 5.80. The van der Waals surface area contributed by atoms with Crippen LogP contribution >= 0.6 is 23.2 Å². The predicted octanol–water partition coefficient (Wildman–Crippen LogP) is 3.55. The summed E-state index contributed by atoms with van der Waals surface area (Å²) in [5.41, 5.74) is 0.221. The summed E-state index contributed by atoms with van der Waals surface area (Å²) in [6.07, 6.45) is 0.789. The third-order valence-electron chi connectivity index (χ3n) is 3.10. The molecule has 0 unspecified atom stereocenters. The molecule has 2 nitrogen and oxygen atoms in total. The predicted molar refractivity (Wildman–Crippen MR) is 74.3 cm³/mol. The summed E-state index contributed by atoms with van der Waals surface area (Å²) in [6, 6.07) is 4.80. The Labute approximate surface area is 117 Å². The van der Waals surface area contributed by atoms with Gasteiger partial charge in [0, 0.05) is 35.5 Å². The van der Waals surface area contributed by atoms with Gasteiger partial charge in [-0.25, -0.2) is 4.39 Å². The average Bonchev–Trinajstić information content (AvgIpc) is 2.42. The van der Waals surface area contributed by atoms with Gasteiger partial charge in [-0.1, -0.05) is 13.0 Å². The molecule has 5 heteroatoms. The molecule has 0 aliphatic carbocycles. The lowest BCUT2D eigenvalue weighted by Gasteiger charge is -2.29. The van der Waals surface area contributed by atoms with Gasteiger partial charge in [-0.05, 0) is 12.5 Å². The van der Waals surface area contributed by atoms with Gasteiger partial charge >= 0.3 is 0 Å². The number of hydrogen-bond acceptors (Lipinski definition) is 2. The molecule has 0 spiro atoms. The standard InChI is InChI=1S/C13H18Cl2FNO/c1-3-13(8-14,9-15)17-7-10-4-5-11(18-2)6-12(10)16/h4-6,17H,3,7-9H2,1-2H3. The Morgan fingerprint density at radius 1 is 1.33 bits per heavy atom. The Hall–Kier alpha value is -0.510. The fraction of sp³-hybridized carbons (Fsp3) is 0.538. The zero-order valence-electron chi connectivity index (χ0n) is 10.6. The zero-order valence-corrected chi connectivity index (χ0v) is 12.1. The minimum Gasteiger partial charge on any atom is -0.497 e. The van der Waals surface area contributed by atoms with E-state index in [9.17, 15) is 4.39 Å². The summed E-state index contributed by atoms with van der Waals surface area (Å²) >= 11 is 11.8. The van der Waals surface area contributed by atoms with E-state index in [4.69, 9.17) is 27.9 Å². The molecule has 18 heavy (non-hydrogen) atoms. The van der Waals surface area contributed by atoms with Crippen molar-refractivity contribution in [3.63, 3.8) is 0 Å². The highest BCUT2D eigenvalue weighted by Crippen LogP contribution is 2.19. The van der Waals surface area contributed by atoms with E-state index < -0.39 is 0 Å². The second-order valence-corrected chi connectivity index (χ2v) is 4.75. The van der Waals surface area contributed by atoms with Crippen molar-refractivity contribution in [2.24, 2.45) is 0 Å². The quantitative estimate of drug-likeness (QED) is 0.777. The van der Waals surface area contributed by atoms with Crippen molar-refractivity contribution < 1.29 is 9.13 Å². The van der Waals surface area contributed by atoms with E-state index in [0.29, 0.717) is 29.6 Å². The number of nitrogens with one attached hydrogen (secondary N) is 1. The van der Waals surface area contributed by atoms with Gasteiger partial charge in [0.2, 0.25) is 0 Å². The first kappa shape index (κ1) is 15.5. The number of hydrogen-bond donors (Lipinski definition) is 1. The van der Waals surface area contributed by atoms with Gasteiger partial charge in [0.15, 0.2) is 0 Å². The Kier molecular flexibility index (Phi) is 6.19. The molecule has 1 rings (SSSR count). The van der Waals surface area contributed by atoms with Crippen LogP contribution in [0, 0.1) is 5.82 Å². The minimum atomic E-state index is -0.352. The second kappa shape index (κ2) is 7.17. The summed E-state index contributed by atoms with van der Waals surface area (Å²) in [7, 11) is 1.51. The molecule has 102 valence electrons. The molecular formula is C13H18Cl2FNO. The van der Waals surface area contributed by atoms with Crippen LogP contribution in [0.25, 0.3) is 0 Å². The normalized spacial score (nSPS) is 11.6. The minimum absolute atomic E-state index is 0.295. The van der Waals surface area contributed by atoms with E-state index >= 15 is 0 Å². The number of alkyl halides is 2. The molecule has 0 aromatic heterocycles. The monoisotopic (exact) mass is 293 g/mol. The van der Waals surface area contributed by atoms with Crippen LogP contribution in [0.3, 0.4) is 0 Å². The van der Waals surface area contributed by atoms with Crippen molar-refractivity contribution in [2.75, 3.05) is 18.9 Å². The highest BCUT2D eigenvalue weighted by atomic mass is 35.5. The molecule has 0 heterocycles. The van der Waals surface area contributed by atoms with Gasteiger partial charge in [-0.2, -0.15) is 0 Å². The third kappa shape index (κ3) is 3.74. The Bertz CT molecular complexity index is 375. The van der Waals surface area contributed by atoms with Crippen LogP contribution in [-0.2, 0) is 6.54 Å². The Morgan fingerprint density at radius 3 is 2.44 bits per heavy atom. The maximum Gasteiger partial charge on any atom is 0.131 e. The van der Waals surface area contributed by atoms with Gasteiger partial charge in [0.1, 0.15) is 11.6 Å². The lowest BCUT2D eigenvalue weighted by Crippen LogP contribution is -2.48. The second-order valence-electron chi connectivity index (χ2n) is 4.21. The van der Waals surface area contributed by atoms with E-state index in [-0.39, 0.29) is 11.4 Å². The summed E-state index contributed by atoms with van der Waals surface area (Å²) in [5, 5.41) is 3.23. The Morgan fingerprint density at radius 2 is 2.00 bits per heavy atom. The van der Waals surface area contributed by atoms with Gasteiger partial charge < -0.3 is 10.1 Å². The maximum atomic E-state index is 13.7. The van der Waals surface area contributed by atoms with Crippen molar-refractivity contribution in [3.05, 3.63) is 29.6 Å². The lowest BCUT2D eigenvalue weighted by molar-refractivity contribution is 0.379. The summed E-state index contributed by atoms with van der Waals surface area (Å²) in [4.78, 5) is 0. The van der Waals surface area contributed by atoms with Crippen LogP contribution in [0.1, 0.15) is 18.9 Å². The SMILES string of the molecule is CCC(CCl)(CCl)NCc1ccc(OC)cc1F. The summed E-state index contributed by atoms with van der Waals surface area (Å²) in [5.74, 6) is 0.999. The van der Waals surface area contributed by atoms with Crippen LogP contribution < -0.4 is 10.1 Å². The molecule has 0 atom stereocenters. The highest BCUT2D eigenvalue weighted by Gasteiger charge is 2.25. The zero-order chi connectivity index (χ0) is 13.6. The number of ether oxygens (including phenoxy) is 1. The molecule has 0 aliphatic heterocycles. The molecule has 1 N–H and O–H groups in total. The lowest BCUT2D eigenvalue weighted by atomic mass is 10.0. The van der Waals surface area contributed by atoms with E-state index in [1.165, 1.54) is 13.2 Å². The molecule has 1 aromatic rings. The number of halogens is 3. The topological polar surface area (TPSA) is 21.3 Å². The highest BCUT2D eigenvalue weighted by molar-refractivity contribution is 6.22. The molecule has 0 fully saturated rings. The van der Waals surface area contributed by atoms with Crippen LogP contribution in [0.2, 0.25) is 0 Å². The fourth-order valence-corrected chi connectivity index (χ4v) is 2.38. The molecule has 0 bridgehead atoms. The van der Waals surface area contributed by atoms with E-state index in [1.54, 1.807) is 12.1 Å². The van der Waals surface area contributed by atoms with E-state index in [0.717, 1.165) is 6.42 Å². The first-order chi connectivity index (χ1) is 8.60. The molecular weight excluding hydrogens is 276 g/mol. The molecule has 0 saturated heterocycles. The van der Waals surface area contributed by atoms with Crippen LogP contribution in [-0.4, -0.2) is 24.4 Å². The smallest absolute Gasteiger partial charge is 0.131 e. The van der Waals surface area contributed by atoms with Crippen molar-refractivity contribution in [1.82, 2.24) is 5.32 Å². The summed E-state index contributed by atoms with van der Waals surface area (Å²) < 4.78 is 18.7. The number of methoxy groups -OCH3 is 1. The summed E-state index contributed by atoms with van der Waals surface area (Å²) in [6.45, 7) is 2.39. The average molecular weight is 294 g/mol. The maximum absolute atomic E-state index is 13.7. The van der Waals surface area contributed by atoms with Crippen molar-refractivity contribution in [2.45, 2.75) is 25.4 Å². The third-order valence-corrected chi connectivity index (χ3v) is 4.13. The molecule has 0 aliphatic rings. The Balaban J connectivity index is 2.73. The number of rotatable bonds is 7.